The number of aryl methyl sites for hydroxylation is 1. The summed E-state index contributed by atoms with van der Waals surface area (Å²) in [6, 6.07) is 0. The topological polar surface area (TPSA) is 59.2 Å². The van der Waals surface area contributed by atoms with Crippen LogP contribution in [0.4, 0.5) is 5.69 Å². The first kappa shape index (κ1) is 18.1. The Morgan fingerprint density at radius 3 is 2.40 bits per heavy atom. The maximum atomic E-state index is 12.0. The molecule has 2 aromatic heterocycles. The van der Waals surface area contributed by atoms with Crippen LogP contribution in [0.15, 0.2) is 27.9 Å². The lowest BCUT2D eigenvalue weighted by Crippen LogP contribution is -2.46. The molecular formula is C17H25BrN6O. The van der Waals surface area contributed by atoms with Crippen molar-refractivity contribution < 1.29 is 0 Å². The lowest BCUT2D eigenvalue weighted by Gasteiger charge is -2.36. The maximum absolute atomic E-state index is 12.0. The van der Waals surface area contributed by atoms with Crippen LogP contribution in [-0.4, -0.2) is 50.6 Å². The van der Waals surface area contributed by atoms with E-state index in [1.165, 1.54) is 10.2 Å². The van der Waals surface area contributed by atoms with E-state index >= 15 is 0 Å². The van der Waals surface area contributed by atoms with Gasteiger partial charge in [-0.15, -0.1) is 0 Å². The lowest BCUT2D eigenvalue weighted by molar-refractivity contribution is 0.249. The zero-order valence-corrected chi connectivity index (χ0v) is 16.8. The van der Waals surface area contributed by atoms with Gasteiger partial charge < -0.3 is 4.90 Å². The van der Waals surface area contributed by atoms with Gasteiger partial charge >= 0.3 is 0 Å². The van der Waals surface area contributed by atoms with E-state index < -0.39 is 0 Å². The quantitative estimate of drug-likeness (QED) is 0.774. The largest absolute Gasteiger partial charge is 0.367 e. The Balaban J connectivity index is 1.62. The molecule has 0 N–H and O–H groups in total. The number of rotatable bonds is 3. The van der Waals surface area contributed by atoms with Gasteiger partial charge in [-0.3, -0.25) is 14.4 Å². The Morgan fingerprint density at radius 2 is 1.80 bits per heavy atom. The Labute approximate surface area is 156 Å². The third kappa shape index (κ3) is 3.95. The lowest BCUT2D eigenvalue weighted by atomic mass is 10.1. The molecule has 1 aliphatic heterocycles. The monoisotopic (exact) mass is 408 g/mol. The van der Waals surface area contributed by atoms with Gasteiger partial charge in [0.15, 0.2) is 0 Å². The molecule has 25 heavy (non-hydrogen) atoms. The number of halogens is 1. The van der Waals surface area contributed by atoms with Crippen LogP contribution in [0.25, 0.3) is 0 Å². The molecule has 0 bridgehead atoms. The number of nitrogens with zero attached hydrogens (tertiary/aromatic N) is 6. The Bertz CT molecular complexity index is 798. The Morgan fingerprint density at radius 1 is 1.12 bits per heavy atom. The predicted molar refractivity (Wildman–Crippen MR) is 102 cm³/mol. The minimum absolute atomic E-state index is 0.00964. The van der Waals surface area contributed by atoms with E-state index in [4.69, 9.17) is 0 Å². The number of anilines is 1. The van der Waals surface area contributed by atoms with E-state index in [1.54, 1.807) is 13.2 Å². The standard InChI is InChI=1S/C17H25BrN6O/c1-17(2,3)24-12-13(9-20-24)11-22-5-7-23(8-6-22)14-10-19-21(4)16(25)15(14)18/h9-10,12H,5-8,11H2,1-4H3. The summed E-state index contributed by atoms with van der Waals surface area (Å²) in [5.41, 5.74) is 2.02. The van der Waals surface area contributed by atoms with E-state index in [2.05, 4.69) is 62.9 Å². The molecule has 3 heterocycles. The highest BCUT2D eigenvalue weighted by Crippen LogP contribution is 2.23. The molecule has 0 saturated carbocycles. The molecule has 3 rings (SSSR count). The van der Waals surface area contributed by atoms with Crippen molar-refractivity contribution in [3.8, 4) is 0 Å². The summed E-state index contributed by atoms with van der Waals surface area (Å²) in [5, 5.41) is 8.61. The second kappa shape index (κ2) is 6.92. The smallest absolute Gasteiger partial charge is 0.282 e. The molecule has 1 fully saturated rings. The molecule has 7 nitrogen and oxygen atoms in total. The van der Waals surface area contributed by atoms with Gasteiger partial charge in [-0.05, 0) is 36.7 Å². The SMILES string of the molecule is Cn1ncc(N2CCN(Cc3cnn(C(C)(C)C)c3)CC2)c(Br)c1=O. The van der Waals surface area contributed by atoms with Gasteiger partial charge in [-0.25, -0.2) is 4.68 Å². The zero-order chi connectivity index (χ0) is 18.2. The van der Waals surface area contributed by atoms with Gasteiger partial charge in [0, 0.05) is 51.5 Å². The van der Waals surface area contributed by atoms with Gasteiger partial charge in [0.2, 0.25) is 0 Å². The summed E-state index contributed by atoms with van der Waals surface area (Å²) >= 11 is 3.42. The summed E-state index contributed by atoms with van der Waals surface area (Å²) in [4.78, 5) is 16.7. The fourth-order valence-electron chi connectivity index (χ4n) is 2.94. The average molecular weight is 409 g/mol. The highest BCUT2D eigenvalue weighted by atomic mass is 79.9. The van der Waals surface area contributed by atoms with Crippen LogP contribution in [-0.2, 0) is 19.1 Å². The van der Waals surface area contributed by atoms with E-state index in [-0.39, 0.29) is 11.1 Å². The second-order valence-corrected chi connectivity index (χ2v) is 8.29. The fraction of sp³-hybridized carbons (Fsp3) is 0.588. The molecule has 8 heteroatoms. The van der Waals surface area contributed by atoms with E-state index in [0.717, 1.165) is 38.4 Å². The molecule has 0 aromatic carbocycles. The molecule has 1 saturated heterocycles. The minimum atomic E-state index is -0.102. The average Bonchev–Trinajstić information content (AvgIpc) is 3.03. The van der Waals surface area contributed by atoms with Crippen molar-refractivity contribution in [2.24, 2.45) is 7.05 Å². The minimum Gasteiger partial charge on any atom is -0.367 e. The molecule has 0 spiro atoms. The number of aromatic nitrogens is 4. The molecule has 1 aliphatic rings. The van der Waals surface area contributed by atoms with Crippen LogP contribution < -0.4 is 10.5 Å². The van der Waals surface area contributed by atoms with Crippen molar-refractivity contribution in [1.82, 2.24) is 24.5 Å². The van der Waals surface area contributed by atoms with Gasteiger partial charge in [0.05, 0.1) is 23.6 Å². The predicted octanol–water partition coefficient (Wildman–Crippen LogP) is 1.82. The van der Waals surface area contributed by atoms with Gasteiger partial charge in [0.25, 0.3) is 5.56 Å². The van der Waals surface area contributed by atoms with Crippen LogP contribution in [0.1, 0.15) is 26.3 Å². The highest BCUT2D eigenvalue weighted by Gasteiger charge is 2.21. The summed E-state index contributed by atoms with van der Waals surface area (Å²) in [7, 11) is 1.66. The Kier molecular flexibility index (Phi) is 5.02. The Hall–Kier alpha value is -1.67. The molecule has 0 atom stereocenters. The van der Waals surface area contributed by atoms with Crippen molar-refractivity contribution in [1.29, 1.82) is 0 Å². The van der Waals surface area contributed by atoms with Crippen LogP contribution >= 0.6 is 15.9 Å². The van der Waals surface area contributed by atoms with Crippen LogP contribution in [0.5, 0.6) is 0 Å². The molecule has 0 unspecified atom stereocenters. The number of hydrogen-bond acceptors (Lipinski definition) is 5. The fourth-order valence-corrected chi connectivity index (χ4v) is 3.55. The van der Waals surface area contributed by atoms with Crippen molar-refractivity contribution in [3.05, 3.63) is 39.0 Å². The van der Waals surface area contributed by atoms with Crippen molar-refractivity contribution >= 4 is 21.6 Å². The third-order valence-corrected chi connectivity index (χ3v) is 5.25. The third-order valence-electron chi connectivity index (χ3n) is 4.50. The summed E-state index contributed by atoms with van der Waals surface area (Å²) in [5.74, 6) is 0. The number of hydrogen-bond donors (Lipinski definition) is 0. The molecule has 136 valence electrons. The number of piperazine rings is 1. The highest BCUT2D eigenvalue weighted by molar-refractivity contribution is 9.10. The first-order chi connectivity index (χ1) is 11.8. The summed E-state index contributed by atoms with van der Waals surface area (Å²) < 4.78 is 3.95. The van der Waals surface area contributed by atoms with Gasteiger partial charge in [0.1, 0.15) is 4.47 Å². The van der Waals surface area contributed by atoms with Crippen molar-refractivity contribution in [2.45, 2.75) is 32.9 Å². The van der Waals surface area contributed by atoms with E-state index in [1.807, 2.05) is 10.9 Å². The zero-order valence-electron chi connectivity index (χ0n) is 15.2. The van der Waals surface area contributed by atoms with Crippen molar-refractivity contribution in [3.63, 3.8) is 0 Å². The molecular weight excluding hydrogens is 384 g/mol. The summed E-state index contributed by atoms with van der Waals surface area (Å²) in [6.07, 6.45) is 5.85. The van der Waals surface area contributed by atoms with Crippen LogP contribution in [0.2, 0.25) is 0 Å². The van der Waals surface area contributed by atoms with E-state index in [9.17, 15) is 4.79 Å². The van der Waals surface area contributed by atoms with Crippen LogP contribution in [0, 0.1) is 0 Å². The maximum Gasteiger partial charge on any atom is 0.282 e. The van der Waals surface area contributed by atoms with Gasteiger partial charge in [-0.2, -0.15) is 10.2 Å². The molecule has 0 amide bonds. The molecule has 0 radical (unpaired) electrons. The molecule has 0 aliphatic carbocycles. The van der Waals surface area contributed by atoms with Crippen molar-refractivity contribution in [2.75, 3.05) is 31.1 Å². The molecule has 2 aromatic rings. The first-order valence-electron chi connectivity index (χ1n) is 8.49. The van der Waals surface area contributed by atoms with Crippen LogP contribution in [0.3, 0.4) is 0 Å². The van der Waals surface area contributed by atoms with Gasteiger partial charge in [-0.1, -0.05) is 0 Å². The second-order valence-electron chi connectivity index (χ2n) is 7.50. The first-order valence-corrected chi connectivity index (χ1v) is 9.28. The summed E-state index contributed by atoms with van der Waals surface area (Å²) in [6.45, 7) is 11.0. The van der Waals surface area contributed by atoms with E-state index in [0.29, 0.717) is 4.47 Å². The normalized spacial score (nSPS) is 16.4.